The van der Waals surface area contributed by atoms with Crippen molar-refractivity contribution in [2.24, 2.45) is 11.7 Å². The summed E-state index contributed by atoms with van der Waals surface area (Å²) in [5.74, 6) is 1.06. The molecular formula is C12H20N4O. The highest BCUT2D eigenvalue weighted by atomic mass is 16.3. The first-order valence-electron chi connectivity index (χ1n) is 6.08. The Balaban J connectivity index is 2.15. The maximum atomic E-state index is 9.58. The minimum absolute atomic E-state index is 0.265. The highest BCUT2D eigenvalue weighted by molar-refractivity contribution is 5.34. The zero-order chi connectivity index (χ0) is 12.4. The van der Waals surface area contributed by atoms with Crippen LogP contribution in [0.2, 0.25) is 0 Å². The van der Waals surface area contributed by atoms with Crippen LogP contribution < -0.4 is 10.6 Å². The Morgan fingerprint density at radius 1 is 1.59 bits per heavy atom. The first kappa shape index (κ1) is 12.3. The SMILES string of the molecule is Cc1cc(CN)nc(N2CCC(C(C)O)C2)n1. The van der Waals surface area contributed by atoms with Crippen LogP contribution in [-0.2, 0) is 6.54 Å². The molecule has 0 saturated carbocycles. The molecule has 1 saturated heterocycles. The standard InChI is InChI=1S/C12H20N4O/c1-8-5-11(6-13)15-12(14-8)16-4-3-10(7-16)9(2)17/h5,9-10,17H,3-4,6-7,13H2,1-2H3. The molecule has 0 radical (unpaired) electrons. The third-order valence-electron chi connectivity index (χ3n) is 3.29. The summed E-state index contributed by atoms with van der Waals surface area (Å²) in [4.78, 5) is 11.0. The van der Waals surface area contributed by atoms with Crippen LogP contribution in [0.25, 0.3) is 0 Å². The van der Waals surface area contributed by atoms with Crippen LogP contribution in [0, 0.1) is 12.8 Å². The van der Waals surface area contributed by atoms with Crippen molar-refractivity contribution < 1.29 is 5.11 Å². The molecular weight excluding hydrogens is 216 g/mol. The van der Waals surface area contributed by atoms with E-state index < -0.39 is 0 Å². The Hall–Kier alpha value is -1.20. The Labute approximate surface area is 102 Å². The van der Waals surface area contributed by atoms with E-state index in [0.29, 0.717) is 12.5 Å². The van der Waals surface area contributed by atoms with E-state index in [1.807, 2.05) is 19.9 Å². The molecule has 5 nitrogen and oxygen atoms in total. The minimum Gasteiger partial charge on any atom is -0.393 e. The van der Waals surface area contributed by atoms with E-state index in [9.17, 15) is 5.11 Å². The van der Waals surface area contributed by atoms with Crippen LogP contribution in [0.1, 0.15) is 24.7 Å². The van der Waals surface area contributed by atoms with Crippen molar-refractivity contribution in [3.05, 3.63) is 17.5 Å². The quantitative estimate of drug-likeness (QED) is 0.797. The number of aliphatic hydroxyl groups excluding tert-OH is 1. The monoisotopic (exact) mass is 236 g/mol. The largest absolute Gasteiger partial charge is 0.393 e. The molecule has 2 unspecified atom stereocenters. The number of anilines is 1. The van der Waals surface area contributed by atoms with E-state index in [1.54, 1.807) is 0 Å². The highest BCUT2D eigenvalue weighted by Crippen LogP contribution is 2.23. The molecule has 1 aromatic heterocycles. The molecule has 1 aromatic rings. The van der Waals surface area contributed by atoms with Gasteiger partial charge in [0.25, 0.3) is 0 Å². The summed E-state index contributed by atoms with van der Waals surface area (Å²) in [6, 6.07) is 1.91. The van der Waals surface area contributed by atoms with Gasteiger partial charge in [-0.25, -0.2) is 9.97 Å². The van der Waals surface area contributed by atoms with Gasteiger partial charge in [-0.15, -0.1) is 0 Å². The Morgan fingerprint density at radius 3 is 2.94 bits per heavy atom. The van der Waals surface area contributed by atoms with Crippen molar-refractivity contribution in [1.29, 1.82) is 0 Å². The first-order chi connectivity index (χ1) is 8.10. The Kier molecular flexibility index (Phi) is 3.59. The van der Waals surface area contributed by atoms with Gasteiger partial charge in [-0.3, -0.25) is 0 Å². The van der Waals surface area contributed by atoms with E-state index in [-0.39, 0.29) is 6.10 Å². The fourth-order valence-corrected chi connectivity index (χ4v) is 2.23. The Bertz CT molecular complexity index is 394. The summed E-state index contributed by atoms with van der Waals surface area (Å²) < 4.78 is 0. The summed E-state index contributed by atoms with van der Waals surface area (Å²) >= 11 is 0. The molecule has 1 aliphatic heterocycles. The molecule has 0 aromatic carbocycles. The van der Waals surface area contributed by atoms with Gasteiger partial charge in [0.1, 0.15) is 0 Å². The van der Waals surface area contributed by atoms with Gasteiger partial charge in [0.05, 0.1) is 11.8 Å². The molecule has 3 N–H and O–H groups in total. The smallest absolute Gasteiger partial charge is 0.225 e. The van der Waals surface area contributed by atoms with E-state index in [0.717, 1.165) is 36.8 Å². The molecule has 2 rings (SSSR count). The first-order valence-corrected chi connectivity index (χ1v) is 6.08. The second-order valence-corrected chi connectivity index (χ2v) is 4.74. The van der Waals surface area contributed by atoms with Crippen molar-refractivity contribution in [2.75, 3.05) is 18.0 Å². The van der Waals surface area contributed by atoms with Gasteiger partial charge < -0.3 is 15.7 Å². The topological polar surface area (TPSA) is 75.3 Å². The van der Waals surface area contributed by atoms with Crippen molar-refractivity contribution in [1.82, 2.24) is 9.97 Å². The van der Waals surface area contributed by atoms with Gasteiger partial charge >= 0.3 is 0 Å². The molecule has 0 aliphatic carbocycles. The number of hydrogen-bond acceptors (Lipinski definition) is 5. The maximum absolute atomic E-state index is 9.58. The van der Waals surface area contributed by atoms with Crippen molar-refractivity contribution in [3.8, 4) is 0 Å². The molecule has 0 amide bonds. The lowest BCUT2D eigenvalue weighted by Gasteiger charge is -2.18. The Morgan fingerprint density at radius 2 is 2.35 bits per heavy atom. The van der Waals surface area contributed by atoms with Gasteiger partial charge in [0.2, 0.25) is 5.95 Å². The number of aliphatic hydroxyl groups is 1. The predicted octanol–water partition coefficient (Wildman–Crippen LogP) is 0.451. The average Bonchev–Trinajstić information content (AvgIpc) is 2.77. The second-order valence-electron chi connectivity index (χ2n) is 4.74. The van der Waals surface area contributed by atoms with Crippen LogP contribution in [0.15, 0.2) is 6.07 Å². The molecule has 94 valence electrons. The van der Waals surface area contributed by atoms with E-state index >= 15 is 0 Å². The van der Waals surface area contributed by atoms with Crippen LogP contribution in [0.3, 0.4) is 0 Å². The second kappa shape index (κ2) is 4.98. The summed E-state index contributed by atoms with van der Waals surface area (Å²) in [7, 11) is 0. The van der Waals surface area contributed by atoms with Gasteiger partial charge in [-0.2, -0.15) is 0 Å². The fourth-order valence-electron chi connectivity index (χ4n) is 2.23. The van der Waals surface area contributed by atoms with Crippen molar-refractivity contribution in [3.63, 3.8) is 0 Å². The molecule has 2 heterocycles. The summed E-state index contributed by atoms with van der Waals surface area (Å²) in [5, 5.41) is 9.58. The molecule has 1 aliphatic rings. The molecule has 0 spiro atoms. The maximum Gasteiger partial charge on any atom is 0.225 e. The zero-order valence-electron chi connectivity index (χ0n) is 10.4. The molecule has 5 heteroatoms. The minimum atomic E-state index is -0.265. The lowest BCUT2D eigenvalue weighted by Crippen LogP contribution is -2.26. The normalized spacial score (nSPS) is 21.9. The van der Waals surface area contributed by atoms with E-state index in [1.165, 1.54) is 0 Å². The molecule has 1 fully saturated rings. The summed E-state index contributed by atoms with van der Waals surface area (Å²) in [5.41, 5.74) is 7.42. The third kappa shape index (κ3) is 2.73. The van der Waals surface area contributed by atoms with E-state index in [4.69, 9.17) is 5.73 Å². The number of aryl methyl sites for hydroxylation is 1. The zero-order valence-corrected chi connectivity index (χ0v) is 10.4. The van der Waals surface area contributed by atoms with Crippen molar-refractivity contribution in [2.45, 2.75) is 32.9 Å². The van der Waals surface area contributed by atoms with Crippen LogP contribution in [0.4, 0.5) is 5.95 Å². The summed E-state index contributed by atoms with van der Waals surface area (Å²) in [6.07, 6.45) is 0.728. The lowest BCUT2D eigenvalue weighted by molar-refractivity contribution is 0.136. The van der Waals surface area contributed by atoms with Gasteiger partial charge in [0.15, 0.2) is 0 Å². The summed E-state index contributed by atoms with van der Waals surface area (Å²) in [6.45, 7) is 5.96. The third-order valence-corrected chi connectivity index (χ3v) is 3.29. The van der Waals surface area contributed by atoms with Gasteiger partial charge in [-0.1, -0.05) is 0 Å². The van der Waals surface area contributed by atoms with Crippen LogP contribution >= 0.6 is 0 Å². The number of nitrogens with two attached hydrogens (primary N) is 1. The van der Waals surface area contributed by atoms with Crippen molar-refractivity contribution >= 4 is 5.95 Å². The number of hydrogen-bond donors (Lipinski definition) is 2. The predicted molar refractivity (Wildman–Crippen MR) is 66.7 cm³/mol. The molecule has 0 bridgehead atoms. The van der Waals surface area contributed by atoms with Gasteiger partial charge in [0, 0.05) is 31.2 Å². The van der Waals surface area contributed by atoms with Crippen LogP contribution in [-0.4, -0.2) is 34.3 Å². The number of aromatic nitrogens is 2. The number of rotatable bonds is 3. The van der Waals surface area contributed by atoms with Gasteiger partial charge in [-0.05, 0) is 26.3 Å². The molecule has 2 atom stereocenters. The highest BCUT2D eigenvalue weighted by Gasteiger charge is 2.27. The fraction of sp³-hybridized carbons (Fsp3) is 0.667. The lowest BCUT2D eigenvalue weighted by atomic mass is 10.0. The van der Waals surface area contributed by atoms with Crippen LogP contribution in [0.5, 0.6) is 0 Å². The average molecular weight is 236 g/mol. The van der Waals surface area contributed by atoms with E-state index in [2.05, 4.69) is 14.9 Å². The molecule has 17 heavy (non-hydrogen) atoms. The number of nitrogens with zero attached hydrogens (tertiary/aromatic N) is 3.